The smallest absolute Gasteiger partial charge is 0.0548 e. The lowest BCUT2D eigenvalue weighted by Crippen LogP contribution is -2.16. The van der Waals surface area contributed by atoms with Gasteiger partial charge in [-0.25, -0.2) is 0 Å². The molecule has 0 amide bonds. The van der Waals surface area contributed by atoms with Crippen molar-refractivity contribution in [1.29, 1.82) is 0 Å². The first-order valence-electron chi connectivity index (χ1n) is 18.0. The van der Waals surface area contributed by atoms with Crippen LogP contribution in [0.1, 0.15) is 25.0 Å². The second-order valence-corrected chi connectivity index (χ2v) is 15.7. The number of para-hydroxylation sites is 1. The molecule has 0 spiro atoms. The third-order valence-corrected chi connectivity index (χ3v) is 12.5. The molecule has 0 radical (unpaired) electrons. The maximum absolute atomic E-state index is 2.46. The van der Waals surface area contributed by atoms with Crippen molar-refractivity contribution < 1.29 is 0 Å². The number of benzene rings is 8. The van der Waals surface area contributed by atoms with E-state index in [2.05, 4.69) is 193 Å². The molecule has 0 atom stereocenters. The van der Waals surface area contributed by atoms with Crippen molar-refractivity contribution in [3.63, 3.8) is 0 Å². The standard InChI is InChI=1S/C49H34N2S/c1-49(2)41-18-10-8-16-37(41)38-24-22-36(30-42(38)49)50(34-21-20-31-12-6-7-13-32(31)28-34)35-23-25-43-40(29-35)47-44(51(43)33-14-4-3-5-15-33)26-27-46-48(47)39-17-9-11-19-45(39)52-46/h3-30H,1-2H3. The van der Waals surface area contributed by atoms with Crippen molar-refractivity contribution in [2.24, 2.45) is 0 Å². The summed E-state index contributed by atoms with van der Waals surface area (Å²) in [5.74, 6) is 0. The summed E-state index contributed by atoms with van der Waals surface area (Å²) in [6.45, 7) is 4.73. The second kappa shape index (κ2) is 10.9. The van der Waals surface area contributed by atoms with E-state index in [4.69, 9.17) is 0 Å². The maximum atomic E-state index is 2.46. The fourth-order valence-electron chi connectivity index (χ4n) is 8.90. The average Bonchev–Trinajstić information content (AvgIpc) is 3.80. The van der Waals surface area contributed by atoms with Gasteiger partial charge in [0.1, 0.15) is 0 Å². The van der Waals surface area contributed by atoms with Gasteiger partial charge in [-0.2, -0.15) is 0 Å². The summed E-state index contributed by atoms with van der Waals surface area (Å²) in [7, 11) is 0. The number of nitrogens with zero attached hydrogens (tertiary/aromatic N) is 2. The largest absolute Gasteiger partial charge is 0.310 e. The fourth-order valence-corrected chi connectivity index (χ4v) is 10.0. The Morgan fingerprint density at radius 2 is 1.13 bits per heavy atom. The topological polar surface area (TPSA) is 8.17 Å². The Hall–Kier alpha value is -6.16. The number of rotatable bonds is 4. The number of hydrogen-bond donors (Lipinski definition) is 0. The lowest BCUT2D eigenvalue weighted by atomic mass is 9.82. The minimum Gasteiger partial charge on any atom is -0.310 e. The molecule has 0 fully saturated rings. The van der Waals surface area contributed by atoms with Crippen LogP contribution in [0.15, 0.2) is 170 Å². The minimum absolute atomic E-state index is 0.102. The van der Waals surface area contributed by atoms with Crippen LogP contribution in [0.2, 0.25) is 0 Å². The Balaban J connectivity index is 1.21. The van der Waals surface area contributed by atoms with E-state index in [1.54, 1.807) is 0 Å². The summed E-state index contributed by atoms with van der Waals surface area (Å²) in [5.41, 5.74) is 12.4. The highest BCUT2D eigenvalue weighted by atomic mass is 32.1. The predicted octanol–water partition coefficient (Wildman–Crippen LogP) is 14.1. The zero-order valence-electron chi connectivity index (χ0n) is 29.0. The summed E-state index contributed by atoms with van der Waals surface area (Å²) >= 11 is 1.88. The summed E-state index contributed by atoms with van der Waals surface area (Å²) in [6, 6.07) is 62.9. The van der Waals surface area contributed by atoms with Gasteiger partial charge >= 0.3 is 0 Å². The minimum atomic E-state index is -0.102. The van der Waals surface area contributed by atoms with Crippen molar-refractivity contribution in [1.82, 2.24) is 4.57 Å². The van der Waals surface area contributed by atoms with E-state index in [1.807, 2.05) is 11.3 Å². The Kier molecular flexibility index (Phi) is 6.21. The molecular weight excluding hydrogens is 649 g/mol. The summed E-state index contributed by atoms with van der Waals surface area (Å²) < 4.78 is 5.08. The molecule has 0 N–H and O–H groups in total. The quantitative estimate of drug-likeness (QED) is 0.179. The van der Waals surface area contributed by atoms with Gasteiger partial charge in [-0.1, -0.05) is 111 Å². The van der Waals surface area contributed by atoms with E-state index in [9.17, 15) is 0 Å². The molecule has 52 heavy (non-hydrogen) atoms. The van der Waals surface area contributed by atoms with Crippen LogP contribution in [0.4, 0.5) is 17.1 Å². The van der Waals surface area contributed by atoms with Gasteiger partial charge in [-0.15, -0.1) is 11.3 Å². The summed E-state index contributed by atoms with van der Waals surface area (Å²) in [6.07, 6.45) is 0. The number of hydrogen-bond acceptors (Lipinski definition) is 2. The Labute approximate surface area is 306 Å². The first kappa shape index (κ1) is 29.6. The van der Waals surface area contributed by atoms with Crippen LogP contribution < -0.4 is 4.90 Å². The van der Waals surface area contributed by atoms with Gasteiger partial charge in [0.2, 0.25) is 0 Å². The second-order valence-electron chi connectivity index (χ2n) is 14.6. The van der Waals surface area contributed by atoms with E-state index in [0.29, 0.717) is 0 Å². The molecule has 2 heterocycles. The van der Waals surface area contributed by atoms with Crippen molar-refractivity contribution in [2.75, 3.05) is 4.90 Å². The highest BCUT2D eigenvalue weighted by Crippen LogP contribution is 2.51. The molecule has 246 valence electrons. The van der Waals surface area contributed by atoms with Gasteiger partial charge in [0, 0.05) is 59.1 Å². The number of thiophene rings is 1. The molecule has 10 aromatic rings. The van der Waals surface area contributed by atoms with Gasteiger partial charge in [0.05, 0.1) is 11.0 Å². The summed E-state index contributed by atoms with van der Waals surface area (Å²) in [4.78, 5) is 2.46. The molecule has 1 aliphatic rings. The van der Waals surface area contributed by atoms with Crippen LogP contribution in [0, 0.1) is 0 Å². The fraction of sp³-hybridized carbons (Fsp3) is 0.0612. The van der Waals surface area contributed by atoms with Crippen molar-refractivity contribution in [3.8, 4) is 16.8 Å². The predicted molar refractivity (Wildman–Crippen MR) is 223 cm³/mol. The van der Waals surface area contributed by atoms with E-state index in [0.717, 1.165) is 17.1 Å². The molecule has 2 nitrogen and oxygen atoms in total. The Bertz CT molecular complexity index is 3050. The van der Waals surface area contributed by atoms with E-state index >= 15 is 0 Å². The van der Waals surface area contributed by atoms with Crippen LogP contribution in [-0.4, -0.2) is 4.57 Å². The molecule has 3 heteroatoms. The third-order valence-electron chi connectivity index (χ3n) is 11.3. The monoisotopic (exact) mass is 682 g/mol. The molecule has 0 saturated heterocycles. The van der Waals surface area contributed by atoms with Crippen LogP contribution in [0.3, 0.4) is 0 Å². The van der Waals surface area contributed by atoms with Crippen LogP contribution in [0.25, 0.3) is 69.6 Å². The van der Waals surface area contributed by atoms with E-state index in [1.165, 1.54) is 80.7 Å². The maximum Gasteiger partial charge on any atom is 0.0548 e. The lowest BCUT2D eigenvalue weighted by Gasteiger charge is -2.28. The molecule has 2 aromatic heterocycles. The van der Waals surface area contributed by atoms with Gasteiger partial charge < -0.3 is 9.47 Å². The Morgan fingerprint density at radius 3 is 2.04 bits per heavy atom. The van der Waals surface area contributed by atoms with Crippen LogP contribution >= 0.6 is 11.3 Å². The molecule has 0 bridgehead atoms. The van der Waals surface area contributed by atoms with E-state index in [-0.39, 0.29) is 5.41 Å². The van der Waals surface area contributed by atoms with Gasteiger partial charge in [-0.3, -0.25) is 0 Å². The molecule has 0 saturated carbocycles. The van der Waals surface area contributed by atoms with E-state index < -0.39 is 0 Å². The summed E-state index contributed by atoms with van der Waals surface area (Å²) in [5, 5.41) is 7.68. The Morgan fingerprint density at radius 1 is 0.462 bits per heavy atom. The first-order chi connectivity index (χ1) is 25.5. The van der Waals surface area contributed by atoms with Gasteiger partial charge in [0.25, 0.3) is 0 Å². The molecule has 0 unspecified atom stereocenters. The van der Waals surface area contributed by atoms with Gasteiger partial charge in [-0.05, 0) is 106 Å². The zero-order valence-corrected chi connectivity index (χ0v) is 29.8. The zero-order chi connectivity index (χ0) is 34.6. The van der Waals surface area contributed by atoms with Crippen molar-refractivity contribution in [3.05, 3.63) is 181 Å². The molecule has 1 aliphatic carbocycles. The lowest BCUT2D eigenvalue weighted by molar-refractivity contribution is 0.660. The number of aromatic nitrogens is 1. The van der Waals surface area contributed by atoms with Gasteiger partial charge in [0.15, 0.2) is 0 Å². The molecule has 8 aromatic carbocycles. The van der Waals surface area contributed by atoms with Crippen molar-refractivity contribution >= 4 is 81.1 Å². The SMILES string of the molecule is CC1(C)c2ccccc2-c2ccc(N(c3ccc4ccccc4c3)c3ccc4c(c3)c3c5c(ccc3n4-c3ccccc3)sc3ccccc35)cc21. The van der Waals surface area contributed by atoms with Crippen LogP contribution in [0.5, 0.6) is 0 Å². The molecule has 11 rings (SSSR count). The normalized spacial score (nSPS) is 13.3. The average molecular weight is 683 g/mol. The third kappa shape index (κ3) is 4.17. The highest BCUT2D eigenvalue weighted by Gasteiger charge is 2.35. The van der Waals surface area contributed by atoms with Crippen molar-refractivity contribution in [2.45, 2.75) is 19.3 Å². The first-order valence-corrected chi connectivity index (χ1v) is 18.8. The molecular formula is C49H34N2S. The number of fused-ring (bicyclic) bond motifs is 11. The highest BCUT2D eigenvalue weighted by molar-refractivity contribution is 7.26. The molecule has 0 aliphatic heterocycles. The number of anilines is 3. The van der Waals surface area contributed by atoms with Crippen LogP contribution in [-0.2, 0) is 5.41 Å².